The van der Waals surface area contributed by atoms with Crippen LogP contribution < -0.4 is 11.2 Å². The Kier molecular flexibility index (Phi) is 3.43. The summed E-state index contributed by atoms with van der Waals surface area (Å²) in [5.74, 6) is 0.0791. The first-order valence-electron chi connectivity index (χ1n) is 5.23. The molecule has 0 aromatic heterocycles. The molecule has 2 rings (SSSR count). The van der Waals surface area contributed by atoms with Gasteiger partial charge in [-0.2, -0.15) is 0 Å². The third kappa shape index (κ3) is 2.35. The van der Waals surface area contributed by atoms with Crippen LogP contribution >= 0.6 is 11.6 Å². The molecule has 0 bridgehead atoms. The predicted octanol–water partition coefficient (Wildman–Crippen LogP) is 1.08. The van der Waals surface area contributed by atoms with Crippen molar-refractivity contribution in [1.29, 1.82) is 0 Å². The molecule has 3 N–H and O–H groups in total. The summed E-state index contributed by atoms with van der Waals surface area (Å²) >= 11 is 5.91. The SMILES string of the molecule is NCCN1NC(c2cccc(Cl)c2)CC1=O. The van der Waals surface area contributed by atoms with Gasteiger partial charge >= 0.3 is 0 Å². The number of amides is 1. The molecule has 1 atom stereocenters. The van der Waals surface area contributed by atoms with Crippen molar-refractivity contribution in [1.82, 2.24) is 10.4 Å². The number of carbonyl (C=O) groups is 1. The Morgan fingerprint density at radius 2 is 2.38 bits per heavy atom. The molecular formula is C11H14ClN3O. The number of nitrogens with one attached hydrogen (secondary N) is 1. The molecule has 1 fully saturated rings. The lowest BCUT2D eigenvalue weighted by Crippen LogP contribution is -2.38. The molecular weight excluding hydrogens is 226 g/mol. The van der Waals surface area contributed by atoms with E-state index in [1.165, 1.54) is 0 Å². The number of halogens is 1. The summed E-state index contributed by atoms with van der Waals surface area (Å²) in [6, 6.07) is 7.55. The monoisotopic (exact) mass is 239 g/mol. The Labute approximate surface area is 99.3 Å². The quantitative estimate of drug-likeness (QED) is 0.830. The third-order valence-corrected chi connectivity index (χ3v) is 2.83. The van der Waals surface area contributed by atoms with Crippen LogP contribution in [0.4, 0.5) is 0 Å². The Hall–Kier alpha value is -1.10. The van der Waals surface area contributed by atoms with Crippen LogP contribution in [-0.4, -0.2) is 24.0 Å². The molecule has 1 amide bonds. The Balaban J connectivity index is 2.10. The van der Waals surface area contributed by atoms with Gasteiger partial charge in [0, 0.05) is 24.5 Å². The highest BCUT2D eigenvalue weighted by Gasteiger charge is 2.29. The van der Waals surface area contributed by atoms with Gasteiger partial charge in [-0.15, -0.1) is 0 Å². The van der Waals surface area contributed by atoms with Gasteiger partial charge in [0.1, 0.15) is 0 Å². The molecule has 1 heterocycles. The van der Waals surface area contributed by atoms with E-state index in [1.807, 2.05) is 24.3 Å². The molecule has 1 aliphatic heterocycles. The first kappa shape index (κ1) is 11.4. The summed E-state index contributed by atoms with van der Waals surface area (Å²) in [6.07, 6.45) is 0.459. The second-order valence-corrected chi connectivity index (χ2v) is 4.21. The van der Waals surface area contributed by atoms with E-state index in [1.54, 1.807) is 5.01 Å². The van der Waals surface area contributed by atoms with Crippen LogP contribution in [0.3, 0.4) is 0 Å². The minimum absolute atomic E-state index is 0.0118. The normalized spacial score (nSPS) is 20.5. The number of benzene rings is 1. The molecule has 1 unspecified atom stereocenters. The number of hydrazine groups is 1. The lowest BCUT2D eigenvalue weighted by molar-refractivity contribution is -0.129. The van der Waals surface area contributed by atoms with Crippen LogP contribution in [-0.2, 0) is 4.79 Å². The van der Waals surface area contributed by atoms with Gasteiger partial charge in [0.25, 0.3) is 0 Å². The van der Waals surface area contributed by atoms with E-state index in [0.717, 1.165) is 5.56 Å². The van der Waals surface area contributed by atoms with Gasteiger partial charge in [0.2, 0.25) is 5.91 Å². The Morgan fingerprint density at radius 1 is 1.56 bits per heavy atom. The lowest BCUT2D eigenvalue weighted by atomic mass is 10.1. The van der Waals surface area contributed by atoms with E-state index < -0.39 is 0 Å². The van der Waals surface area contributed by atoms with Gasteiger partial charge in [-0.05, 0) is 17.7 Å². The first-order valence-corrected chi connectivity index (χ1v) is 5.60. The highest BCUT2D eigenvalue weighted by molar-refractivity contribution is 6.30. The maximum Gasteiger partial charge on any atom is 0.238 e. The molecule has 1 aliphatic rings. The van der Waals surface area contributed by atoms with Crippen molar-refractivity contribution in [2.24, 2.45) is 5.73 Å². The standard InChI is InChI=1S/C11H14ClN3O/c12-9-3-1-2-8(6-9)10-7-11(16)15(14-10)5-4-13/h1-3,6,10,14H,4-5,7,13H2. The summed E-state index contributed by atoms with van der Waals surface area (Å²) in [5.41, 5.74) is 9.58. The molecule has 0 radical (unpaired) electrons. The van der Waals surface area contributed by atoms with Crippen LogP contribution in [0.5, 0.6) is 0 Å². The molecule has 4 nitrogen and oxygen atoms in total. The zero-order valence-corrected chi connectivity index (χ0v) is 9.57. The summed E-state index contributed by atoms with van der Waals surface area (Å²) in [6.45, 7) is 0.997. The maximum atomic E-state index is 11.6. The molecule has 0 spiro atoms. The van der Waals surface area contributed by atoms with Crippen LogP contribution in [0.15, 0.2) is 24.3 Å². The van der Waals surface area contributed by atoms with Gasteiger partial charge < -0.3 is 5.73 Å². The Morgan fingerprint density at radius 3 is 3.06 bits per heavy atom. The van der Waals surface area contributed by atoms with E-state index in [-0.39, 0.29) is 11.9 Å². The third-order valence-electron chi connectivity index (χ3n) is 2.60. The average molecular weight is 240 g/mol. The molecule has 5 heteroatoms. The zero-order chi connectivity index (χ0) is 11.5. The predicted molar refractivity (Wildman–Crippen MR) is 62.7 cm³/mol. The minimum atomic E-state index is 0.0118. The van der Waals surface area contributed by atoms with Crippen molar-refractivity contribution in [3.63, 3.8) is 0 Å². The highest BCUT2D eigenvalue weighted by atomic mass is 35.5. The van der Waals surface area contributed by atoms with E-state index in [0.29, 0.717) is 24.5 Å². The second kappa shape index (κ2) is 4.82. The van der Waals surface area contributed by atoms with Crippen LogP contribution in [0.1, 0.15) is 18.0 Å². The number of hydrogen-bond donors (Lipinski definition) is 2. The fourth-order valence-electron chi connectivity index (χ4n) is 1.82. The fraction of sp³-hybridized carbons (Fsp3) is 0.364. The number of carbonyl (C=O) groups excluding carboxylic acids is 1. The summed E-state index contributed by atoms with van der Waals surface area (Å²) in [5, 5.41) is 2.26. The molecule has 86 valence electrons. The van der Waals surface area contributed by atoms with Crippen molar-refractivity contribution in [3.05, 3.63) is 34.9 Å². The van der Waals surface area contributed by atoms with Gasteiger partial charge in [-0.1, -0.05) is 23.7 Å². The summed E-state index contributed by atoms with van der Waals surface area (Å²) < 4.78 is 0. The summed E-state index contributed by atoms with van der Waals surface area (Å²) in [7, 11) is 0. The van der Waals surface area contributed by atoms with Gasteiger partial charge in [0.15, 0.2) is 0 Å². The molecule has 1 saturated heterocycles. The second-order valence-electron chi connectivity index (χ2n) is 3.77. The maximum absolute atomic E-state index is 11.6. The highest BCUT2D eigenvalue weighted by Crippen LogP contribution is 2.25. The number of nitrogens with zero attached hydrogens (tertiary/aromatic N) is 1. The molecule has 0 saturated carbocycles. The van der Waals surface area contributed by atoms with Crippen molar-refractivity contribution < 1.29 is 4.79 Å². The smallest absolute Gasteiger partial charge is 0.238 e. The molecule has 1 aromatic carbocycles. The fourth-order valence-corrected chi connectivity index (χ4v) is 2.02. The van der Waals surface area contributed by atoms with Crippen LogP contribution in [0.25, 0.3) is 0 Å². The average Bonchev–Trinajstić information content (AvgIpc) is 2.61. The number of nitrogens with two attached hydrogens (primary N) is 1. The first-order chi connectivity index (χ1) is 7.70. The van der Waals surface area contributed by atoms with Crippen LogP contribution in [0.2, 0.25) is 5.02 Å². The van der Waals surface area contributed by atoms with E-state index in [4.69, 9.17) is 17.3 Å². The molecule has 1 aromatic rings. The van der Waals surface area contributed by atoms with E-state index in [9.17, 15) is 4.79 Å². The zero-order valence-electron chi connectivity index (χ0n) is 8.82. The molecule has 16 heavy (non-hydrogen) atoms. The van der Waals surface area contributed by atoms with Gasteiger partial charge in [-0.3, -0.25) is 9.80 Å². The van der Waals surface area contributed by atoms with Crippen LogP contribution in [0, 0.1) is 0 Å². The number of rotatable bonds is 3. The lowest BCUT2D eigenvalue weighted by Gasteiger charge is -2.17. The topological polar surface area (TPSA) is 58.4 Å². The Bertz CT molecular complexity index is 397. The minimum Gasteiger partial charge on any atom is -0.329 e. The van der Waals surface area contributed by atoms with Crippen molar-refractivity contribution in [3.8, 4) is 0 Å². The van der Waals surface area contributed by atoms with Crippen molar-refractivity contribution >= 4 is 17.5 Å². The number of hydrogen-bond acceptors (Lipinski definition) is 3. The van der Waals surface area contributed by atoms with Gasteiger partial charge in [0.05, 0.1) is 6.04 Å². The van der Waals surface area contributed by atoms with Crippen molar-refractivity contribution in [2.75, 3.05) is 13.1 Å². The summed E-state index contributed by atoms with van der Waals surface area (Å²) in [4.78, 5) is 11.6. The van der Waals surface area contributed by atoms with Gasteiger partial charge in [-0.25, -0.2) is 5.43 Å². The van der Waals surface area contributed by atoms with E-state index in [2.05, 4.69) is 5.43 Å². The molecule has 0 aliphatic carbocycles. The van der Waals surface area contributed by atoms with E-state index >= 15 is 0 Å². The van der Waals surface area contributed by atoms with Crippen molar-refractivity contribution in [2.45, 2.75) is 12.5 Å². The largest absolute Gasteiger partial charge is 0.329 e.